The number of carboxylic acid groups (broad SMARTS) is 1. The maximum atomic E-state index is 14.2. The summed E-state index contributed by atoms with van der Waals surface area (Å²) in [6.45, 7) is 27.3. The van der Waals surface area contributed by atoms with Gasteiger partial charge in [-0.05, 0) is 98.7 Å². The van der Waals surface area contributed by atoms with Crippen molar-refractivity contribution >= 4 is 22.9 Å². The normalized spacial score (nSPS) is 17.5. The molecule has 3 rings (SSSR count). The summed E-state index contributed by atoms with van der Waals surface area (Å²) in [7, 11) is 0. The van der Waals surface area contributed by atoms with Gasteiger partial charge in [-0.3, -0.25) is 4.79 Å². The van der Waals surface area contributed by atoms with Crippen molar-refractivity contribution in [3.63, 3.8) is 0 Å². The van der Waals surface area contributed by atoms with Crippen molar-refractivity contribution in [3.8, 4) is 0 Å². The smallest absolute Gasteiger partial charge is 0.336 e. The summed E-state index contributed by atoms with van der Waals surface area (Å²) in [5, 5.41) is 9.58. The first kappa shape index (κ1) is 38.0. The minimum atomic E-state index is -0.996. The van der Waals surface area contributed by atoms with Crippen LogP contribution >= 0.6 is 0 Å². The van der Waals surface area contributed by atoms with Gasteiger partial charge in [0.1, 0.15) is 5.52 Å². The summed E-state index contributed by atoms with van der Waals surface area (Å²) in [4.78, 5) is 31.0. The van der Waals surface area contributed by atoms with E-state index >= 15 is 0 Å². The molecule has 0 bridgehead atoms. The van der Waals surface area contributed by atoms with Crippen LogP contribution in [0.3, 0.4) is 0 Å². The van der Waals surface area contributed by atoms with E-state index in [0.29, 0.717) is 29.1 Å². The fourth-order valence-electron chi connectivity index (χ4n) is 6.75. The number of carbonyl (C=O) groups excluding carboxylic acids is 1. The van der Waals surface area contributed by atoms with Crippen LogP contribution in [0.4, 0.5) is 0 Å². The molecule has 1 atom stereocenters. The SMILES string of the molecule is C=C=C(C)/C(=C\C=C(/C)C(C)CC(C)(C)C/C(=C/CCC)C(=O)c1cc2nc(C3CCC(C)(C)CC3)cc(C(C)(C)C)c2o1)C(=O)O. The molecular formula is C42H59NO4. The molecule has 1 unspecified atom stereocenters. The predicted octanol–water partition coefficient (Wildman–Crippen LogP) is 11.8. The van der Waals surface area contributed by atoms with Gasteiger partial charge in [0.05, 0.1) is 5.57 Å². The van der Waals surface area contributed by atoms with Crippen molar-refractivity contribution in [2.75, 3.05) is 0 Å². The summed E-state index contributed by atoms with van der Waals surface area (Å²) in [6.07, 6.45) is 13.5. The van der Waals surface area contributed by atoms with E-state index in [1.165, 1.54) is 12.8 Å². The summed E-state index contributed by atoms with van der Waals surface area (Å²) >= 11 is 0. The number of hydrogen-bond acceptors (Lipinski definition) is 4. The molecule has 5 nitrogen and oxygen atoms in total. The van der Waals surface area contributed by atoms with E-state index in [9.17, 15) is 14.7 Å². The molecule has 1 saturated carbocycles. The first-order valence-corrected chi connectivity index (χ1v) is 17.5. The third-order valence-electron chi connectivity index (χ3n) is 9.98. The lowest BCUT2D eigenvalue weighted by molar-refractivity contribution is -0.132. The molecule has 1 N–H and O–H groups in total. The summed E-state index contributed by atoms with van der Waals surface area (Å²) in [6, 6.07) is 4.11. The molecular weight excluding hydrogens is 582 g/mol. The van der Waals surface area contributed by atoms with Crippen LogP contribution in [0.5, 0.6) is 0 Å². The van der Waals surface area contributed by atoms with Crippen molar-refractivity contribution in [2.45, 2.75) is 139 Å². The molecule has 256 valence electrons. The highest BCUT2D eigenvalue weighted by Gasteiger charge is 2.32. The number of unbranched alkanes of at least 4 members (excludes halogenated alkanes) is 1. The van der Waals surface area contributed by atoms with Crippen LogP contribution in [0, 0.1) is 16.7 Å². The van der Waals surface area contributed by atoms with Crippen LogP contribution in [-0.2, 0) is 10.2 Å². The number of ketones is 1. The van der Waals surface area contributed by atoms with E-state index in [2.05, 4.69) is 86.8 Å². The number of rotatable bonds is 13. The van der Waals surface area contributed by atoms with Gasteiger partial charge in [0.2, 0.25) is 5.78 Å². The number of aromatic nitrogens is 1. The summed E-state index contributed by atoms with van der Waals surface area (Å²) in [5.41, 5.74) is 8.98. The molecule has 2 aromatic rings. The highest BCUT2D eigenvalue weighted by atomic mass is 16.4. The van der Waals surface area contributed by atoms with Gasteiger partial charge in [0, 0.05) is 28.8 Å². The number of nitrogens with zero attached hydrogens (tertiary/aromatic N) is 1. The standard InChI is InChI=1S/C42H59NO4/c1-13-15-16-31(26-42(11,12)25-29(5)28(4)17-18-32(39(45)46)27(3)14-2)37(44)36-24-35-38(47-36)33(40(6,7)8)23-34(43-35)30-19-21-41(9,10)22-20-30/h16-18,23-24,29-30H,2,13,15,19-22,25-26H2,1,3-12H3,(H,45,46)/b28-17+,31-16-,32-18+. The quantitative estimate of drug-likeness (QED) is 0.102. The molecule has 47 heavy (non-hydrogen) atoms. The fraction of sp³-hybridized carbons (Fsp3) is 0.571. The first-order valence-electron chi connectivity index (χ1n) is 17.5. The van der Waals surface area contributed by atoms with E-state index in [1.807, 2.05) is 19.1 Å². The molecule has 1 aliphatic rings. The highest BCUT2D eigenvalue weighted by molar-refractivity contribution is 6.08. The molecule has 0 radical (unpaired) electrons. The van der Waals surface area contributed by atoms with E-state index in [4.69, 9.17) is 9.40 Å². The highest BCUT2D eigenvalue weighted by Crippen LogP contribution is 2.44. The number of pyridine rings is 1. The van der Waals surface area contributed by atoms with E-state index < -0.39 is 5.97 Å². The monoisotopic (exact) mass is 641 g/mol. The Hall–Kier alpha value is -3.43. The van der Waals surface area contributed by atoms with Crippen LogP contribution in [-0.4, -0.2) is 21.8 Å². The van der Waals surface area contributed by atoms with Crippen LogP contribution < -0.4 is 0 Å². The Kier molecular flexibility index (Phi) is 12.3. The van der Waals surface area contributed by atoms with Gasteiger partial charge >= 0.3 is 5.97 Å². The Morgan fingerprint density at radius 2 is 1.77 bits per heavy atom. The Balaban J connectivity index is 1.92. The molecule has 2 aromatic heterocycles. The zero-order valence-electron chi connectivity index (χ0n) is 31.0. The third kappa shape index (κ3) is 10.0. The van der Waals surface area contributed by atoms with Crippen molar-refractivity contribution in [1.82, 2.24) is 4.98 Å². The number of fused-ring (bicyclic) bond motifs is 1. The second-order valence-corrected chi connectivity index (χ2v) is 16.5. The molecule has 0 amide bonds. The molecule has 1 aliphatic carbocycles. The van der Waals surface area contributed by atoms with Gasteiger partial charge in [-0.2, -0.15) is 0 Å². The molecule has 2 heterocycles. The van der Waals surface area contributed by atoms with Crippen LogP contribution in [0.2, 0.25) is 0 Å². The average Bonchev–Trinajstić information content (AvgIpc) is 3.41. The van der Waals surface area contributed by atoms with E-state index in [1.54, 1.807) is 13.0 Å². The van der Waals surface area contributed by atoms with Crippen molar-refractivity contribution in [1.29, 1.82) is 0 Å². The number of aliphatic carboxylic acids is 1. The van der Waals surface area contributed by atoms with Gasteiger partial charge in [-0.25, -0.2) is 9.78 Å². The zero-order chi connectivity index (χ0) is 35.3. The van der Waals surface area contributed by atoms with Gasteiger partial charge in [0.15, 0.2) is 11.3 Å². The molecule has 0 saturated heterocycles. The Morgan fingerprint density at radius 3 is 2.32 bits per heavy atom. The van der Waals surface area contributed by atoms with Crippen LogP contribution in [0.1, 0.15) is 155 Å². The second-order valence-electron chi connectivity index (χ2n) is 16.5. The van der Waals surface area contributed by atoms with Gasteiger partial charge in [0.25, 0.3) is 0 Å². The Morgan fingerprint density at radius 1 is 1.13 bits per heavy atom. The fourth-order valence-corrected chi connectivity index (χ4v) is 6.75. The third-order valence-corrected chi connectivity index (χ3v) is 9.98. The number of Topliss-reactive ketones (excluding diaryl/α,β-unsaturated/α-hetero) is 1. The van der Waals surface area contributed by atoms with Gasteiger partial charge in [-0.15, -0.1) is 5.73 Å². The van der Waals surface area contributed by atoms with Crippen molar-refractivity contribution in [3.05, 3.63) is 82.0 Å². The van der Waals surface area contributed by atoms with E-state index in [0.717, 1.165) is 65.6 Å². The Bertz CT molecular complexity index is 1600. The molecule has 0 spiro atoms. The van der Waals surface area contributed by atoms with Crippen molar-refractivity contribution in [2.24, 2.45) is 16.7 Å². The summed E-state index contributed by atoms with van der Waals surface area (Å²) < 4.78 is 6.43. The zero-order valence-corrected chi connectivity index (χ0v) is 31.0. The summed E-state index contributed by atoms with van der Waals surface area (Å²) in [5.74, 6) is -0.0911. The Labute approximate surface area is 284 Å². The molecule has 0 aromatic carbocycles. The minimum Gasteiger partial charge on any atom is -0.478 e. The number of carbonyl (C=O) groups is 2. The van der Waals surface area contributed by atoms with E-state index in [-0.39, 0.29) is 28.1 Å². The maximum absolute atomic E-state index is 14.2. The lowest BCUT2D eigenvalue weighted by Crippen LogP contribution is -2.21. The number of allylic oxidation sites excluding steroid dienone is 5. The lowest BCUT2D eigenvalue weighted by atomic mass is 9.72. The molecule has 0 aliphatic heterocycles. The minimum absolute atomic E-state index is 0.0639. The number of furan rings is 1. The average molecular weight is 642 g/mol. The number of hydrogen-bond donors (Lipinski definition) is 1. The van der Waals surface area contributed by atoms with Crippen LogP contribution in [0.15, 0.2) is 69.4 Å². The van der Waals surface area contributed by atoms with Gasteiger partial charge < -0.3 is 9.52 Å². The molecule has 5 heteroatoms. The van der Waals surface area contributed by atoms with Gasteiger partial charge in [-0.1, -0.05) is 93.0 Å². The second kappa shape index (κ2) is 15.2. The topological polar surface area (TPSA) is 80.4 Å². The molecule has 1 fully saturated rings. The number of carboxylic acids is 1. The predicted molar refractivity (Wildman–Crippen MR) is 195 cm³/mol. The lowest BCUT2D eigenvalue weighted by Gasteiger charge is -2.34. The van der Waals surface area contributed by atoms with Crippen LogP contribution in [0.25, 0.3) is 11.1 Å². The van der Waals surface area contributed by atoms with Crippen molar-refractivity contribution < 1.29 is 19.1 Å². The first-order chi connectivity index (χ1) is 21.8. The largest absolute Gasteiger partial charge is 0.478 e. The maximum Gasteiger partial charge on any atom is 0.336 e.